The van der Waals surface area contributed by atoms with E-state index in [2.05, 4.69) is 48.9 Å². The molecule has 0 fully saturated rings. The van der Waals surface area contributed by atoms with E-state index >= 15 is 0 Å². The molecule has 6 nitrogen and oxygen atoms in total. The van der Waals surface area contributed by atoms with Crippen molar-refractivity contribution >= 4 is 24.0 Å². The minimum atomic E-state index is -0.201. The number of rotatable bonds is 6. The molecule has 0 aliphatic rings. The van der Waals surface area contributed by atoms with E-state index in [0.717, 1.165) is 17.8 Å². The number of thiol groups is 1. The number of hydrogen-bond acceptors (Lipinski definition) is 5. The SMILES string of the molecule is CC(C)NCC(C)c1ncnc2c1n(S)c(=O)n2Cc1ccccc1. The Morgan fingerprint density at radius 2 is 1.88 bits per heavy atom. The second-order valence-electron chi connectivity index (χ2n) is 6.56. The van der Waals surface area contributed by atoms with E-state index in [1.54, 1.807) is 4.57 Å². The molecule has 3 rings (SSSR count). The fourth-order valence-corrected chi connectivity index (χ4v) is 3.16. The first kappa shape index (κ1) is 17.7. The Morgan fingerprint density at radius 3 is 2.56 bits per heavy atom. The molecule has 25 heavy (non-hydrogen) atoms. The molecule has 132 valence electrons. The van der Waals surface area contributed by atoms with Gasteiger partial charge in [-0.2, -0.15) is 0 Å². The Hall–Kier alpha value is -2.12. The van der Waals surface area contributed by atoms with Gasteiger partial charge >= 0.3 is 5.69 Å². The number of nitrogens with zero attached hydrogens (tertiary/aromatic N) is 4. The molecule has 0 radical (unpaired) electrons. The van der Waals surface area contributed by atoms with Crippen molar-refractivity contribution in [1.29, 1.82) is 0 Å². The van der Waals surface area contributed by atoms with Gasteiger partial charge in [0.25, 0.3) is 0 Å². The van der Waals surface area contributed by atoms with Crippen LogP contribution in [-0.2, 0) is 6.54 Å². The zero-order chi connectivity index (χ0) is 18.0. The zero-order valence-electron chi connectivity index (χ0n) is 14.7. The molecule has 0 spiro atoms. The van der Waals surface area contributed by atoms with Crippen molar-refractivity contribution in [1.82, 2.24) is 23.8 Å². The lowest BCUT2D eigenvalue weighted by Gasteiger charge is -2.15. The van der Waals surface area contributed by atoms with Crippen LogP contribution in [0.4, 0.5) is 0 Å². The van der Waals surface area contributed by atoms with Gasteiger partial charge < -0.3 is 5.32 Å². The monoisotopic (exact) mass is 357 g/mol. The molecule has 0 saturated carbocycles. The lowest BCUT2D eigenvalue weighted by atomic mass is 10.1. The van der Waals surface area contributed by atoms with Crippen molar-refractivity contribution in [3.8, 4) is 0 Å². The minimum Gasteiger partial charge on any atom is -0.314 e. The summed E-state index contributed by atoms with van der Waals surface area (Å²) in [6.45, 7) is 7.53. The Morgan fingerprint density at radius 1 is 1.16 bits per heavy atom. The number of aromatic nitrogens is 4. The van der Waals surface area contributed by atoms with Crippen molar-refractivity contribution in [2.24, 2.45) is 0 Å². The molecule has 2 aromatic heterocycles. The average molecular weight is 357 g/mol. The maximum absolute atomic E-state index is 12.7. The number of imidazole rings is 1. The fraction of sp³-hybridized carbons (Fsp3) is 0.389. The van der Waals surface area contributed by atoms with E-state index < -0.39 is 0 Å². The maximum atomic E-state index is 12.7. The van der Waals surface area contributed by atoms with Crippen LogP contribution in [0.25, 0.3) is 11.2 Å². The summed E-state index contributed by atoms with van der Waals surface area (Å²) < 4.78 is 3.00. The highest BCUT2D eigenvalue weighted by molar-refractivity contribution is 7.78. The third kappa shape index (κ3) is 3.62. The van der Waals surface area contributed by atoms with Gasteiger partial charge in [-0.1, -0.05) is 63.9 Å². The summed E-state index contributed by atoms with van der Waals surface area (Å²) >= 11 is 4.41. The molecule has 1 atom stereocenters. The maximum Gasteiger partial charge on any atom is 0.340 e. The fourth-order valence-electron chi connectivity index (χ4n) is 2.86. The Kier molecular flexibility index (Phi) is 5.24. The van der Waals surface area contributed by atoms with Gasteiger partial charge in [-0.25, -0.2) is 18.7 Å². The first-order chi connectivity index (χ1) is 12.0. The highest BCUT2D eigenvalue weighted by Gasteiger charge is 2.20. The van der Waals surface area contributed by atoms with Crippen LogP contribution in [-0.4, -0.2) is 31.1 Å². The van der Waals surface area contributed by atoms with E-state index in [1.165, 1.54) is 10.3 Å². The van der Waals surface area contributed by atoms with Gasteiger partial charge in [0.1, 0.15) is 11.8 Å². The topological polar surface area (TPSA) is 64.7 Å². The van der Waals surface area contributed by atoms with Crippen LogP contribution in [0.15, 0.2) is 41.5 Å². The lowest BCUT2D eigenvalue weighted by Crippen LogP contribution is -2.27. The minimum absolute atomic E-state index is 0.137. The third-order valence-electron chi connectivity index (χ3n) is 4.19. The predicted octanol–water partition coefficient (Wildman–Crippen LogP) is 2.44. The largest absolute Gasteiger partial charge is 0.340 e. The summed E-state index contributed by atoms with van der Waals surface area (Å²) in [4.78, 5) is 21.5. The van der Waals surface area contributed by atoms with Crippen molar-refractivity contribution in [3.05, 3.63) is 58.4 Å². The standard InChI is InChI=1S/C18H23N5OS/c1-12(2)19-9-13(3)15-16-17(21-11-20-15)22(18(24)23(16)25)10-14-7-5-4-6-8-14/h4-8,11-13,19,25H,9-10H2,1-3H3. The summed E-state index contributed by atoms with van der Waals surface area (Å²) in [7, 11) is 0. The highest BCUT2D eigenvalue weighted by Crippen LogP contribution is 2.22. The van der Waals surface area contributed by atoms with Gasteiger partial charge in [-0.05, 0) is 5.56 Å². The Balaban J connectivity index is 2.05. The first-order valence-corrected chi connectivity index (χ1v) is 8.81. The highest BCUT2D eigenvalue weighted by atomic mass is 32.1. The molecular weight excluding hydrogens is 334 g/mol. The molecule has 2 heterocycles. The van der Waals surface area contributed by atoms with E-state index in [0.29, 0.717) is 23.8 Å². The lowest BCUT2D eigenvalue weighted by molar-refractivity contribution is 0.543. The van der Waals surface area contributed by atoms with Crippen molar-refractivity contribution in [3.63, 3.8) is 0 Å². The van der Waals surface area contributed by atoms with Crippen LogP contribution >= 0.6 is 12.8 Å². The van der Waals surface area contributed by atoms with Crippen LogP contribution in [0.5, 0.6) is 0 Å². The van der Waals surface area contributed by atoms with Gasteiger partial charge in [-0.3, -0.25) is 4.57 Å². The number of benzene rings is 1. The third-order valence-corrected chi connectivity index (χ3v) is 4.56. The predicted molar refractivity (Wildman–Crippen MR) is 103 cm³/mol. The van der Waals surface area contributed by atoms with Crippen LogP contribution in [0.3, 0.4) is 0 Å². The van der Waals surface area contributed by atoms with Gasteiger partial charge in [0.05, 0.1) is 12.2 Å². The van der Waals surface area contributed by atoms with Crippen LogP contribution < -0.4 is 11.0 Å². The first-order valence-electron chi connectivity index (χ1n) is 8.41. The quantitative estimate of drug-likeness (QED) is 0.665. The molecule has 0 saturated heterocycles. The second-order valence-corrected chi connectivity index (χ2v) is 6.96. The number of nitrogens with one attached hydrogen (secondary N) is 1. The second kappa shape index (κ2) is 7.41. The molecule has 0 bridgehead atoms. The van der Waals surface area contributed by atoms with Gasteiger partial charge in [0, 0.05) is 18.5 Å². The van der Waals surface area contributed by atoms with Crippen molar-refractivity contribution < 1.29 is 0 Å². The number of hydrogen-bond donors (Lipinski definition) is 2. The summed E-state index contributed by atoms with van der Waals surface area (Å²) in [5.74, 6) is 0.137. The molecule has 0 amide bonds. The summed E-state index contributed by atoms with van der Waals surface area (Å²) in [5, 5.41) is 3.41. The molecule has 1 unspecified atom stereocenters. The van der Waals surface area contributed by atoms with E-state index in [4.69, 9.17) is 0 Å². The molecule has 1 N–H and O–H groups in total. The molecule has 7 heteroatoms. The Labute approximate surface area is 152 Å². The molecule has 0 aliphatic carbocycles. The van der Waals surface area contributed by atoms with Crippen LogP contribution in [0.1, 0.15) is 37.9 Å². The van der Waals surface area contributed by atoms with Gasteiger partial charge in [-0.15, -0.1) is 0 Å². The normalized spacial score (nSPS) is 12.8. The number of fused-ring (bicyclic) bond motifs is 1. The summed E-state index contributed by atoms with van der Waals surface area (Å²) in [6.07, 6.45) is 1.53. The van der Waals surface area contributed by atoms with Crippen molar-refractivity contribution in [2.75, 3.05) is 6.54 Å². The smallest absolute Gasteiger partial charge is 0.314 e. The summed E-state index contributed by atoms with van der Waals surface area (Å²) in [5.41, 5.74) is 2.97. The van der Waals surface area contributed by atoms with E-state index in [9.17, 15) is 4.79 Å². The van der Waals surface area contributed by atoms with Crippen LogP contribution in [0.2, 0.25) is 0 Å². The average Bonchev–Trinajstić information content (AvgIpc) is 2.85. The Bertz CT molecular complexity index is 916. The van der Waals surface area contributed by atoms with E-state index in [1.807, 2.05) is 30.3 Å². The molecule has 1 aromatic carbocycles. The zero-order valence-corrected chi connectivity index (χ0v) is 15.6. The van der Waals surface area contributed by atoms with Crippen molar-refractivity contribution in [2.45, 2.75) is 39.3 Å². The van der Waals surface area contributed by atoms with Gasteiger partial charge in [0.2, 0.25) is 0 Å². The molecule has 3 aromatic rings. The van der Waals surface area contributed by atoms with E-state index in [-0.39, 0.29) is 11.6 Å². The van der Waals surface area contributed by atoms with Crippen LogP contribution in [0, 0.1) is 0 Å². The summed E-state index contributed by atoms with van der Waals surface area (Å²) in [6, 6.07) is 10.2. The molecule has 0 aliphatic heterocycles. The van der Waals surface area contributed by atoms with Gasteiger partial charge in [0.15, 0.2) is 5.65 Å². The molecular formula is C18H23N5OS.